The zero-order valence-corrected chi connectivity index (χ0v) is 17.6. The molecule has 0 aromatic heterocycles. The Labute approximate surface area is 160 Å². The Hall–Kier alpha value is -0.530. The fourth-order valence-corrected chi connectivity index (χ4v) is 8.76. The zero-order valence-electron chi connectivity index (χ0n) is 17.6. The van der Waals surface area contributed by atoms with E-state index in [1.807, 2.05) is 0 Å². The molecule has 0 unspecified atom stereocenters. The van der Waals surface area contributed by atoms with E-state index in [2.05, 4.69) is 20.8 Å². The smallest absolute Gasteiger partial charge is 0.305 e. The molecule has 4 fully saturated rings. The molecule has 0 aromatic rings. The predicted octanol–water partition coefficient (Wildman–Crippen LogP) is 6.23. The molecule has 0 N–H and O–H groups in total. The summed E-state index contributed by atoms with van der Waals surface area (Å²) in [5, 5.41) is 0. The van der Waals surface area contributed by atoms with Crippen LogP contribution >= 0.6 is 0 Å². The van der Waals surface area contributed by atoms with Gasteiger partial charge >= 0.3 is 5.97 Å². The van der Waals surface area contributed by atoms with Gasteiger partial charge in [-0.05, 0) is 97.7 Å². The van der Waals surface area contributed by atoms with Gasteiger partial charge in [0.15, 0.2) is 0 Å². The van der Waals surface area contributed by atoms with Crippen molar-refractivity contribution in [3.8, 4) is 0 Å². The molecule has 0 heterocycles. The number of rotatable bonds is 3. The van der Waals surface area contributed by atoms with E-state index < -0.39 is 0 Å². The Balaban J connectivity index is 1.53. The summed E-state index contributed by atoms with van der Waals surface area (Å²) >= 11 is 0. The number of fused-ring (bicyclic) bond motifs is 5. The van der Waals surface area contributed by atoms with Crippen LogP contribution in [-0.2, 0) is 9.53 Å². The lowest BCUT2D eigenvalue weighted by atomic mass is 9.44. The highest BCUT2D eigenvalue weighted by molar-refractivity contribution is 5.69. The highest BCUT2D eigenvalue weighted by atomic mass is 16.5. The SMILES string of the molecule is COC(=O)C[C@@H](C)[C@H]1CC[C@H]2[C@@H]3CC[C@@H]4CCCC[C@]4(C)[C@H]3CC[C@]12C. The van der Waals surface area contributed by atoms with E-state index in [4.69, 9.17) is 4.74 Å². The van der Waals surface area contributed by atoms with Gasteiger partial charge in [-0.2, -0.15) is 0 Å². The number of carbonyl (C=O) groups is 1. The van der Waals surface area contributed by atoms with Gasteiger partial charge in [-0.3, -0.25) is 4.79 Å². The summed E-state index contributed by atoms with van der Waals surface area (Å²) in [6.45, 7) is 7.57. The van der Waals surface area contributed by atoms with Crippen LogP contribution in [0.4, 0.5) is 0 Å². The summed E-state index contributed by atoms with van der Waals surface area (Å²) in [5.74, 6) is 5.02. The molecule has 2 heteroatoms. The van der Waals surface area contributed by atoms with Gasteiger partial charge in [0.2, 0.25) is 0 Å². The average molecular weight is 361 g/mol. The largest absolute Gasteiger partial charge is 0.469 e. The Morgan fingerprint density at radius 3 is 2.50 bits per heavy atom. The Bertz CT molecular complexity index is 542. The first-order chi connectivity index (χ1) is 12.4. The van der Waals surface area contributed by atoms with Gasteiger partial charge in [0.1, 0.15) is 0 Å². The van der Waals surface area contributed by atoms with Crippen LogP contribution < -0.4 is 0 Å². The van der Waals surface area contributed by atoms with Gasteiger partial charge in [-0.15, -0.1) is 0 Å². The van der Waals surface area contributed by atoms with Crippen molar-refractivity contribution >= 4 is 5.97 Å². The molecule has 0 aliphatic heterocycles. The minimum Gasteiger partial charge on any atom is -0.469 e. The van der Waals surface area contributed by atoms with Crippen LogP contribution in [0.15, 0.2) is 0 Å². The van der Waals surface area contributed by atoms with E-state index in [-0.39, 0.29) is 5.97 Å². The molecule has 4 aliphatic carbocycles. The van der Waals surface area contributed by atoms with Crippen LogP contribution in [0.25, 0.3) is 0 Å². The van der Waals surface area contributed by atoms with Gasteiger partial charge in [-0.1, -0.05) is 33.6 Å². The van der Waals surface area contributed by atoms with Crippen molar-refractivity contribution in [3.63, 3.8) is 0 Å². The van der Waals surface area contributed by atoms with Gasteiger partial charge in [0, 0.05) is 6.42 Å². The van der Waals surface area contributed by atoms with E-state index in [0.717, 1.165) is 23.7 Å². The fraction of sp³-hybridized carbons (Fsp3) is 0.958. The molecule has 8 atom stereocenters. The topological polar surface area (TPSA) is 26.3 Å². The minimum atomic E-state index is -0.0199. The first-order valence-corrected chi connectivity index (χ1v) is 11.5. The molecule has 0 radical (unpaired) electrons. The summed E-state index contributed by atoms with van der Waals surface area (Å²) < 4.78 is 4.97. The number of esters is 1. The van der Waals surface area contributed by atoms with Gasteiger partial charge in [-0.25, -0.2) is 0 Å². The predicted molar refractivity (Wildman–Crippen MR) is 106 cm³/mol. The second-order valence-electron chi connectivity index (χ2n) is 10.9. The minimum absolute atomic E-state index is 0.0199. The molecular weight excluding hydrogens is 320 g/mol. The molecule has 4 rings (SSSR count). The van der Waals surface area contributed by atoms with E-state index in [0.29, 0.717) is 29.1 Å². The molecule has 0 aromatic carbocycles. The summed E-state index contributed by atoms with van der Waals surface area (Å²) in [6, 6.07) is 0. The Morgan fingerprint density at radius 2 is 1.73 bits per heavy atom. The molecule has 148 valence electrons. The first-order valence-electron chi connectivity index (χ1n) is 11.5. The van der Waals surface area contributed by atoms with E-state index in [1.54, 1.807) is 0 Å². The van der Waals surface area contributed by atoms with Gasteiger partial charge in [0.05, 0.1) is 7.11 Å². The van der Waals surface area contributed by atoms with Crippen molar-refractivity contribution < 1.29 is 9.53 Å². The zero-order chi connectivity index (χ0) is 18.5. The highest BCUT2D eigenvalue weighted by Gasteiger charge is 2.60. The van der Waals surface area contributed by atoms with Crippen LogP contribution in [0.5, 0.6) is 0 Å². The number of methoxy groups -OCH3 is 1. The molecule has 0 spiro atoms. The standard InChI is InChI=1S/C24H40O2/c1-16(15-22(25)26-4)19-10-11-20-18-9-8-17-7-5-6-13-23(17,2)21(18)12-14-24(19,20)3/h16-21H,5-15H2,1-4H3/t16-,17+,18+,19-,20+,21+,23+,24-/m1/s1. The molecule has 2 nitrogen and oxygen atoms in total. The third-order valence-corrected chi connectivity index (χ3v) is 10.1. The first kappa shape index (κ1) is 18.8. The van der Waals surface area contributed by atoms with Crippen molar-refractivity contribution in [3.05, 3.63) is 0 Å². The Morgan fingerprint density at radius 1 is 0.962 bits per heavy atom. The number of carbonyl (C=O) groups excluding carboxylic acids is 1. The quantitative estimate of drug-likeness (QED) is 0.557. The van der Waals surface area contributed by atoms with Crippen molar-refractivity contribution in [1.82, 2.24) is 0 Å². The third kappa shape index (κ3) is 2.76. The second-order valence-corrected chi connectivity index (χ2v) is 10.9. The number of ether oxygens (including phenoxy) is 1. The molecular formula is C24H40O2. The van der Waals surface area contributed by atoms with Crippen molar-refractivity contribution in [1.29, 1.82) is 0 Å². The lowest BCUT2D eigenvalue weighted by Gasteiger charge is -2.60. The van der Waals surface area contributed by atoms with Crippen molar-refractivity contribution in [2.45, 2.75) is 91.4 Å². The average Bonchev–Trinajstić information content (AvgIpc) is 2.98. The third-order valence-electron chi connectivity index (χ3n) is 10.1. The maximum absolute atomic E-state index is 11.8. The highest BCUT2D eigenvalue weighted by Crippen LogP contribution is 2.68. The lowest BCUT2D eigenvalue weighted by molar-refractivity contribution is -0.143. The summed E-state index contributed by atoms with van der Waals surface area (Å²) in [5.41, 5.74) is 1.10. The van der Waals surface area contributed by atoms with Crippen molar-refractivity contribution in [2.75, 3.05) is 7.11 Å². The molecule has 0 saturated heterocycles. The van der Waals surface area contributed by atoms with Gasteiger partial charge < -0.3 is 4.74 Å². The monoisotopic (exact) mass is 360 g/mol. The summed E-state index contributed by atoms with van der Waals surface area (Å²) in [4.78, 5) is 11.8. The van der Waals surface area contributed by atoms with E-state index in [9.17, 15) is 4.79 Å². The molecule has 0 bridgehead atoms. The second kappa shape index (κ2) is 6.82. The number of hydrogen-bond acceptors (Lipinski definition) is 2. The van der Waals surface area contributed by atoms with E-state index in [1.165, 1.54) is 71.3 Å². The van der Waals surface area contributed by atoms with Crippen molar-refractivity contribution in [2.24, 2.45) is 46.3 Å². The molecule has 4 saturated carbocycles. The van der Waals surface area contributed by atoms with Crippen LogP contribution in [0.1, 0.15) is 91.4 Å². The molecule has 4 aliphatic rings. The summed E-state index contributed by atoms with van der Waals surface area (Å²) in [7, 11) is 1.53. The van der Waals surface area contributed by atoms with E-state index >= 15 is 0 Å². The summed E-state index contributed by atoms with van der Waals surface area (Å²) in [6.07, 6.45) is 15.1. The Kier molecular flexibility index (Phi) is 4.93. The lowest BCUT2D eigenvalue weighted by Crippen LogP contribution is -2.53. The van der Waals surface area contributed by atoms with Crippen LogP contribution in [0.2, 0.25) is 0 Å². The molecule has 26 heavy (non-hydrogen) atoms. The van der Waals surface area contributed by atoms with Crippen LogP contribution in [-0.4, -0.2) is 13.1 Å². The fourth-order valence-electron chi connectivity index (χ4n) is 8.76. The van der Waals surface area contributed by atoms with Gasteiger partial charge in [0.25, 0.3) is 0 Å². The number of hydrogen-bond donors (Lipinski definition) is 0. The van der Waals surface area contributed by atoms with Crippen LogP contribution in [0.3, 0.4) is 0 Å². The molecule has 0 amide bonds. The maximum atomic E-state index is 11.8. The maximum Gasteiger partial charge on any atom is 0.305 e. The normalized spacial score (nSPS) is 48.8. The van der Waals surface area contributed by atoms with Crippen LogP contribution in [0, 0.1) is 46.3 Å².